The van der Waals surface area contributed by atoms with Crippen molar-refractivity contribution >= 4 is 5.97 Å². The van der Waals surface area contributed by atoms with E-state index < -0.39 is 5.97 Å². The van der Waals surface area contributed by atoms with Gasteiger partial charge < -0.3 is 11.3 Å². The van der Waals surface area contributed by atoms with Gasteiger partial charge in [-0.3, -0.25) is 0 Å². The van der Waals surface area contributed by atoms with Crippen molar-refractivity contribution in [2.45, 2.75) is 6.92 Å². The topological polar surface area (TPSA) is 46.5 Å². The van der Waals surface area contributed by atoms with Crippen molar-refractivity contribution in [3.05, 3.63) is 29.3 Å². The van der Waals surface area contributed by atoms with Gasteiger partial charge in [-0.25, -0.2) is 4.79 Å². The molecule has 0 saturated heterocycles. The summed E-state index contributed by atoms with van der Waals surface area (Å²) < 4.78 is 4.97. The number of ether oxygens (including phenoxy) is 1. The number of carbonyl (C=O) groups is 1. The van der Waals surface area contributed by atoms with Crippen molar-refractivity contribution in [2.75, 3.05) is 7.11 Å². The van der Waals surface area contributed by atoms with Gasteiger partial charge in [0.1, 0.15) is 5.75 Å². The summed E-state index contributed by atoms with van der Waals surface area (Å²) in [4.78, 5) is 10.6. The van der Waals surface area contributed by atoms with E-state index in [0.29, 0.717) is 11.3 Å². The van der Waals surface area contributed by atoms with Gasteiger partial charge in [-0.05, 0) is 19.1 Å². The summed E-state index contributed by atoms with van der Waals surface area (Å²) in [6.45, 7) is 1.72. The molecular formula is C9H11NaO3. The number of methoxy groups -OCH3 is 1. The van der Waals surface area contributed by atoms with E-state index in [1.165, 1.54) is 7.11 Å². The van der Waals surface area contributed by atoms with Gasteiger partial charge in [-0.1, -0.05) is 6.07 Å². The molecule has 0 saturated carbocycles. The Morgan fingerprint density at radius 3 is 2.62 bits per heavy atom. The number of hydrogen-bond acceptors (Lipinski definition) is 2. The van der Waals surface area contributed by atoms with Crippen LogP contribution >= 0.6 is 0 Å². The molecule has 1 aromatic rings. The molecule has 0 unspecified atom stereocenters. The van der Waals surface area contributed by atoms with Crippen LogP contribution in [0.4, 0.5) is 0 Å². The minimum atomic E-state index is -0.925. The maximum Gasteiger partial charge on any atom is 1.00 e. The Kier molecular flexibility index (Phi) is 5.06. The number of benzene rings is 1. The van der Waals surface area contributed by atoms with Crippen LogP contribution in [0.2, 0.25) is 0 Å². The predicted octanol–water partition coefficient (Wildman–Crippen LogP) is -1.18. The first kappa shape index (κ1) is 12.5. The second-order valence-corrected chi connectivity index (χ2v) is 2.44. The van der Waals surface area contributed by atoms with Gasteiger partial charge in [-0.15, -0.1) is 0 Å². The van der Waals surface area contributed by atoms with E-state index >= 15 is 0 Å². The first-order valence-electron chi connectivity index (χ1n) is 3.53. The molecule has 0 fully saturated rings. The molecule has 4 heteroatoms. The molecule has 1 N–H and O–H groups in total. The van der Waals surface area contributed by atoms with Gasteiger partial charge in [-0.2, -0.15) is 0 Å². The van der Waals surface area contributed by atoms with Crippen molar-refractivity contribution in [1.29, 1.82) is 0 Å². The average molecular weight is 190 g/mol. The van der Waals surface area contributed by atoms with Gasteiger partial charge in [0.15, 0.2) is 0 Å². The number of rotatable bonds is 2. The van der Waals surface area contributed by atoms with Gasteiger partial charge >= 0.3 is 35.5 Å². The summed E-state index contributed by atoms with van der Waals surface area (Å²) in [6, 6.07) is 4.96. The molecular weight excluding hydrogens is 179 g/mol. The second kappa shape index (κ2) is 5.27. The van der Waals surface area contributed by atoms with Gasteiger partial charge in [0.25, 0.3) is 0 Å². The summed E-state index contributed by atoms with van der Waals surface area (Å²) in [5, 5.41) is 8.73. The Balaban J connectivity index is 0. The molecule has 0 aliphatic carbocycles. The second-order valence-electron chi connectivity index (χ2n) is 2.44. The Hall–Kier alpha value is -0.510. The summed E-state index contributed by atoms with van der Waals surface area (Å²) >= 11 is 0. The zero-order valence-electron chi connectivity index (χ0n) is 9.00. The molecule has 3 nitrogen and oxygen atoms in total. The van der Waals surface area contributed by atoms with Crippen LogP contribution in [0.25, 0.3) is 0 Å². The van der Waals surface area contributed by atoms with E-state index in [1.54, 1.807) is 25.1 Å². The van der Waals surface area contributed by atoms with Crippen LogP contribution < -0.4 is 34.3 Å². The van der Waals surface area contributed by atoms with Crippen LogP contribution in [0.1, 0.15) is 17.3 Å². The number of aromatic carboxylic acids is 1. The summed E-state index contributed by atoms with van der Waals surface area (Å²) in [7, 11) is 1.52. The Morgan fingerprint density at radius 2 is 2.15 bits per heavy atom. The quantitative estimate of drug-likeness (QED) is 0.597. The van der Waals surface area contributed by atoms with E-state index in [2.05, 4.69) is 0 Å². The summed E-state index contributed by atoms with van der Waals surface area (Å²) in [5.41, 5.74) is 0.946. The normalized spacial score (nSPS) is 8.77. The first-order valence-corrected chi connectivity index (χ1v) is 3.53. The van der Waals surface area contributed by atoms with Crippen LogP contribution in [-0.2, 0) is 0 Å². The van der Waals surface area contributed by atoms with E-state index in [4.69, 9.17) is 9.84 Å². The average Bonchev–Trinajstić information content (AvgIpc) is 2.04. The number of hydrogen-bond donors (Lipinski definition) is 1. The molecule has 0 aromatic heterocycles. The van der Waals surface area contributed by atoms with Crippen molar-refractivity contribution in [3.8, 4) is 5.75 Å². The van der Waals surface area contributed by atoms with Gasteiger partial charge in [0.2, 0.25) is 0 Å². The zero-order chi connectivity index (χ0) is 9.14. The van der Waals surface area contributed by atoms with Crippen LogP contribution in [0.3, 0.4) is 0 Å². The molecule has 0 radical (unpaired) electrons. The fourth-order valence-electron chi connectivity index (χ4n) is 1.07. The van der Waals surface area contributed by atoms with Crippen LogP contribution in [0.15, 0.2) is 18.2 Å². The number of carboxylic acids is 1. The van der Waals surface area contributed by atoms with Crippen molar-refractivity contribution in [2.24, 2.45) is 0 Å². The van der Waals surface area contributed by atoms with Gasteiger partial charge in [0.05, 0.1) is 12.7 Å². The third-order valence-corrected chi connectivity index (χ3v) is 1.73. The van der Waals surface area contributed by atoms with Crippen molar-refractivity contribution < 1.29 is 45.6 Å². The van der Waals surface area contributed by atoms with E-state index in [1.807, 2.05) is 0 Å². The SMILES string of the molecule is COc1cccc(C(=O)O)c1C.[H-].[Na+]. The predicted molar refractivity (Wildman–Crippen MR) is 45.8 cm³/mol. The minimum absolute atomic E-state index is 0. The first-order chi connectivity index (χ1) is 5.66. The molecule has 0 bridgehead atoms. The van der Waals surface area contributed by atoms with E-state index in [9.17, 15) is 4.79 Å². The molecule has 13 heavy (non-hydrogen) atoms. The zero-order valence-corrected chi connectivity index (χ0v) is 10.00. The molecule has 0 spiro atoms. The molecule has 0 atom stereocenters. The summed E-state index contributed by atoms with van der Waals surface area (Å²) in [6.07, 6.45) is 0. The van der Waals surface area contributed by atoms with Crippen LogP contribution in [-0.4, -0.2) is 18.2 Å². The third-order valence-electron chi connectivity index (χ3n) is 1.73. The summed E-state index contributed by atoms with van der Waals surface area (Å²) in [5.74, 6) is -0.318. The molecule has 0 amide bonds. The molecule has 66 valence electrons. The largest absolute Gasteiger partial charge is 1.00 e. The molecule has 0 aliphatic heterocycles. The monoisotopic (exact) mass is 190 g/mol. The molecule has 0 aliphatic rings. The Bertz CT molecular complexity index is 315. The van der Waals surface area contributed by atoms with Crippen molar-refractivity contribution in [1.82, 2.24) is 0 Å². The standard InChI is InChI=1S/C9H10O3.Na.H/c1-6-7(9(10)11)4-3-5-8(6)12-2;;/h3-5H,1-2H3,(H,10,11);;/q;+1;-1. The van der Waals surface area contributed by atoms with Crippen LogP contribution in [0, 0.1) is 6.92 Å². The van der Waals surface area contributed by atoms with Gasteiger partial charge in [0, 0.05) is 5.56 Å². The third kappa shape index (κ3) is 2.72. The Morgan fingerprint density at radius 1 is 1.54 bits per heavy atom. The fraction of sp³-hybridized carbons (Fsp3) is 0.222. The molecule has 1 rings (SSSR count). The van der Waals surface area contributed by atoms with E-state index in [-0.39, 0.29) is 36.5 Å². The van der Waals surface area contributed by atoms with Crippen LogP contribution in [0.5, 0.6) is 5.75 Å². The Labute approximate surface area is 100 Å². The molecule has 1 aromatic carbocycles. The van der Waals surface area contributed by atoms with E-state index in [0.717, 1.165) is 0 Å². The minimum Gasteiger partial charge on any atom is -1.00 e. The number of carboxylic acid groups (broad SMARTS) is 1. The fourth-order valence-corrected chi connectivity index (χ4v) is 1.07. The smallest absolute Gasteiger partial charge is 1.00 e. The maximum atomic E-state index is 10.6. The maximum absolute atomic E-state index is 10.6. The van der Waals surface area contributed by atoms with Crippen molar-refractivity contribution in [3.63, 3.8) is 0 Å². The molecule has 0 heterocycles.